The van der Waals surface area contributed by atoms with Gasteiger partial charge < -0.3 is 10.6 Å². The fourth-order valence-electron chi connectivity index (χ4n) is 3.25. The Balaban J connectivity index is 1.69. The maximum atomic E-state index is 13.1. The molecule has 0 radical (unpaired) electrons. The molecular weight excluding hydrogens is 397 g/mol. The lowest BCUT2D eigenvalue weighted by Crippen LogP contribution is -2.36. The van der Waals surface area contributed by atoms with Crippen molar-refractivity contribution in [2.45, 2.75) is 12.6 Å². The second-order valence-corrected chi connectivity index (χ2v) is 6.91. The number of pyridine rings is 1. The standard InChI is InChI=1S/C20H19F3N6O/c1-28-12-15(11-25-28)26-19(30)29-9-3-8-24-17-7-6-16(27-18(17)29)13-4-2-5-14(10-13)20(21,22)23/h2,4-7,10-12,24H,3,8-9H2,1H3,(H,26,30). The monoisotopic (exact) mass is 416 g/mol. The van der Waals surface area contributed by atoms with Crippen LogP contribution >= 0.6 is 0 Å². The van der Waals surface area contributed by atoms with Crippen LogP contribution in [0.5, 0.6) is 0 Å². The number of nitrogens with zero attached hydrogens (tertiary/aromatic N) is 4. The molecule has 0 unspecified atom stereocenters. The van der Waals surface area contributed by atoms with Crippen LogP contribution in [0.2, 0.25) is 0 Å². The molecule has 2 amide bonds. The lowest BCUT2D eigenvalue weighted by molar-refractivity contribution is -0.137. The lowest BCUT2D eigenvalue weighted by atomic mass is 10.1. The summed E-state index contributed by atoms with van der Waals surface area (Å²) in [5, 5.41) is 10.0. The van der Waals surface area contributed by atoms with Gasteiger partial charge in [0, 0.05) is 31.9 Å². The van der Waals surface area contributed by atoms with Gasteiger partial charge in [-0.05, 0) is 30.7 Å². The van der Waals surface area contributed by atoms with Crippen molar-refractivity contribution in [2.24, 2.45) is 7.05 Å². The van der Waals surface area contributed by atoms with Crippen LogP contribution in [-0.2, 0) is 13.2 Å². The predicted octanol–water partition coefficient (Wildman–Crippen LogP) is 4.36. The molecule has 1 aliphatic heterocycles. The zero-order valence-corrected chi connectivity index (χ0v) is 16.1. The lowest BCUT2D eigenvalue weighted by Gasteiger charge is -2.22. The SMILES string of the molecule is Cn1cc(NC(=O)N2CCCNc3ccc(-c4cccc(C(F)(F)F)c4)nc32)cn1. The summed E-state index contributed by atoms with van der Waals surface area (Å²) in [7, 11) is 1.74. The van der Waals surface area contributed by atoms with Crippen molar-refractivity contribution in [3.05, 3.63) is 54.4 Å². The normalized spacial score (nSPS) is 13.9. The number of nitrogens with one attached hydrogen (secondary N) is 2. The van der Waals surface area contributed by atoms with Crippen molar-refractivity contribution in [3.8, 4) is 11.3 Å². The number of hydrogen-bond acceptors (Lipinski definition) is 4. The molecule has 0 spiro atoms. The van der Waals surface area contributed by atoms with E-state index in [-0.39, 0.29) is 6.03 Å². The Hall–Kier alpha value is -3.56. The zero-order valence-electron chi connectivity index (χ0n) is 16.1. The van der Waals surface area contributed by atoms with Gasteiger partial charge in [-0.3, -0.25) is 9.58 Å². The molecule has 30 heavy (non-hydrogen) atoms. The predicted molar refractivity (Wildman–Crippen MR) is 107 cm³/mol. The summed E-state index contributed by atoms with van der Waals surface area (Å²) in [5.74, 6) is 0.365. The number of urea groups is 1. The molecular formula is C20H19F3N6O. The van der Waals surface area contributed by atoms with Crippen LogP contribution in [0.25, 0.3) is 11.3 Å². The van der Waals surface area contributed by atoms with E-state index in [4.69, 9.17) is 0 Å². The molecule has 0 bridgehead atoms. The first-order chi connectivity index (χ1) is 14.3. The first-order valence-electron chi connectivity index (χ1n) is 9.31. The summed E-state index contributed by atoms with van der Waals surface area (Å²) in [4.78, 5) is 18.9. The number of aromatic nitrogens is 3. The molecule has 2 N–H and O–H groups in total. The number of fused-ring (bicyclic) bond motifs is 1. The van der Waals surface area contributed by atoms with Crippen LogP contribution in [-0.4, -0.2) is 33.9 Å². The van der Waals surface area contributed by atoms with Crippen LogP contribution in [0.3, 0.4) is 0 Å². The summed E-state index contributed by atoms with van der Waals surface area (Å²) in [6.45, 7) is 1.05. The summed E-state index contributed by atoms with van der Waals surface area (Å²) in [5.41, 5.74) is 1.10. The number of anilines is 3. The van der Waals surface area contributed by atoms with Gasteiger partial charge in [-0.15, -0.1) is 0 Å². The summed E-state index contributed by atoms with van der Waals surface area (Å²) in [6.07, 6.45) is -0.558. The van der Waals surface area contributed by atoms with E-state index in [2.05, 4.69) is 20.7 Å². The number of hydrogen-bond donors (Lipinski definition) is 2. The largest absolute Gasteiger partial charge is 0.416 e. The third kappa shape index (κ3) is 4.07. The number of amides is 2. The Morgan fingerprint density at radius 2 is 2.07 bits per heavy atom. The second-order valence-electron chi connectivity index (χ2n) is 6.91. The molecule has 2 aromatic heterocycles. The van der Waals surface area contributed by atoms with Gasteiger partial charge in [-0.25, -0.2) is 9.78 Å². The fourth-order valence-corrected chi connectivity index (χ4v) is 3.25. The second kappa shape index (κ2) is 7.69. The minimum absolute atomic E-state index is 0.324. The van der Waals surface area contributed by atoms with E-state index in [1.807, 2.05) is 0 Å². The first-order valence-corrected chi connectivity index (χ1v) is 9.31. The number of halogens is 3. The highest BCUT2D eigenvalue weighted by Crippen LogP contribution is 2.34. The van der Waals surface area contributed by atoms with E-state index < -0.39 is 11.7 Å². The minimum Gasteiger partial charge on any atom is -0.382 e. The molecule has 7 nitrogen and oxygen atoms in total. The molecule has 0 fully saturated rings. The van der Waals surface area contributed by atoms with E-state index in [0.717, 1.165) is 12.1 Å². The van der Waals surface area contributed by atoms with Gasteiger partial charge in [0.1, 0.15) is 0 Å². The van der Waals surface area contributed by atoms with Gasteiger partial charge >= 0.3 is 12.2 Å². The van der Waals surface area contributed by atoms with Gasteiger partial charge in [0.05, 0.1) is 28.8 Å². The number of rotatable bonds is 2. The Bertz CT molecular complexity index is 1080. The molecule has 0 saturated carbocycles. The van der Waals surface area contributed by atoms with Crippen LogP contribution in [0.1, 0.15) is 12.0 Å². The van der Waals surface area contributed by atoms with Crippen molar-refractivity contribution in [1.29, 1.82) is 0 Å². The Morgan fingerprint density at radius 1 is 1.23 bits per heavy atom. The van der Waals surface area contributed by atoms with Crippen molar-refractivity contribution in [1.82, 2.24) is 14.8 Å². The van der Waals surface area contributed by atoms with E-state index >= 15 is 0 Å². The highest BCUT2D eigenvalue weighted by Gasteiger charge is 2.31. The number of alkyl halides is 3. The van der Waals surface area contributed by atoms with Crippen molar-refractivity contribution in [2.75, 3.05) is 28.6 Å². The fraction of sp³-hybridized carbons (Fsp3) is 0.250. The van der Waals surface area contributed by atoms with Crippen LogP contribution in [0.15, 0.2) is 48.8 Å². The van der Waals surface area contributed by atoms with Crippen LogP contribution in [0, 0.1) is 0 Å². The first kappa shape index (κ1) is 19.7. The molecule has 3 aromatic rings. The van der Waals surface area contributed by atoms with E-state index in [1.54, 1.807) is 36.1 Å². The highest BCUT2D eigenvalue weighted by atomic mass is 19.4. The van der Waals surface area contributed by atoms with E-state index in [1.165, 1.54) is 17.2 Å². The number of carbonyl (C=O) groups is 1. The van der Waals surface area contributed by atoms with Crippen LogP contribution < -0.4 is 15.5 Å². The number of aryl methyl sites for hydroxylation is 1. The molecule has 1 aliphatic rings. The molecule has 0 atom stereocenters. The third-order valence-corrected chi connectivity index (χ3v) is 4.69. The summed E-state index contributed by atoms with van der Waals surface area (Å²) in [6, 6.07) is 7.96. The van der Waals surface area contributed by atoms with Crippen molar-refractivity contribution < 1.29 is 18.0 Å². The summed E-state index contributed by atoms with van der Waals surface area (Å²) >= 11 is 0. The minimum atomic E-state index is -4.45. The Morgan fingerprint density at radius 3 is 2.80 bits per heavy atom. The highest BCUT2D eigenvalue weighted by molar-refractivity contribution is 6.03. The maximum absolute atomic E-state index is 13.1. The molecule has 0 saturated heterocycles. The van der Waals surface area contributed by atoms with E-state index in [0.29, 0.717) is 48.0 Å². The van der Waals surface area contributed by atoms with Gasteiger partial charge in [0.25, 0.3) is 0 Å². The topological polar surface area (TPSA) is 75.1 Å². The smallest absolute Gasteiger partial charge is 0.382 e. The molecule has 1 aromatic carbocycles. The van der Waals surface area contributed by atoms with Gasteiger partial charge in [-0.1, -0.05) is 12.1 Å². The quantitative estimate of drug-likeness (QED) is 0.651. The Labute approximate surface area is 170 Å². The zero-order chi connectivity index (χ0) is 21.3. The Kier molecular flexibility index (Phi) is 5.06. The van der Waals surface area contributed by atoms with Gasteiger partial charge in [0.15, 0.2) is 5.82 Å². The van der Waals surface area contributed by atoms with E-state index in [9.17, 15) is 18.0 Å². The van der Waals surface area contributed by atoms with Gasteiger partial charge in [-0.2, -0.15) is 18.3 Å². The summed E-state index contributed by atoms with van der Waals surface area (Å²) < 4.78 is 40.8. The number of carbonyl (C=O) groups excluding carboxylic acids is 1. The molecule has 3 heterocycles. The third-order valence-electron chi connectivity index (χ3n) is 4.69. The molecule has 156 valence electrons. The molecule has 4 rings (SSSR count). The number of benzene rings is 1. The average Bonchev–Trinajstić information content (AvgIpc) is 3.00. The maximum Gasteiger partial charge on any atom is 0.416 e. The van der Waals surface area contributed by atoms with Crippen LogP contribution in [0.4, 0.5) is 35.2 Å². The van der Waals surface area contributed by atoms with Crippen molar-refractivity contribution >= 4 is 23.2 Å². The van der Waals surface area contributed by atoms with Crippen molar-refractivity contribution in [3.63, 3.8) is 0 Å². The molecule has 10 heteroatoms. The molecule has 0 aliphatic carbocycles. The average molecular weight is 416 g/mol. The van der Waals surface area contributed by atoms with Gasteiger partial charge in [0.2, 0.25) is 0 Å².